The van der Waals surface area contributed by atoms with Gasteiger partial charge in [0, 0.05) is 18.3 Å². The summed E-state index contributed by atoms with van der Waals surface area (Å²) in [6.45, 7) is 4.38. The minimum atomic E-state index is -0.420. The molecular weight excluding hydrogens is 500 g/mol. The monoisotopic (exact) mass is 516 g/mol. The molecule has 0 heterocycles. The Morgan fingerprint density at radius 2 is 1.69 bits per heavy atom. The van der Waals surface area contributed by atoms with E-state index in [0.29, 0.717) is 12.4 Å². The highest BCUT2D eigenvalue weighted by Gasteiger charge is 2.10. The molecule has 0 unspecified atom stereocenters. The zero-order valence-electron chi connectivity index (χ0n) is 15.9. The van der Waals surface area contributed by atoms with Crippen LogP contribution < -0.4 is 4.74 Å². The van der Waals surface area contributed by atoms with E-state index < -0.39 is 4.92 Å². The Labute approximate surface area is 185 Å². The van der Waals surface area contributed by atoms with Crippen molar-refractivity contribution in [3.05, 3.63) is 95.9 Å². The van der Waals surface area contributed by atoms with E-state index in [0.717, 1.165) is 31.3 Å². The third-order valence-corrected chi connectivity index (χ3v) is 5.45. The molecule has 148 valence electrons. The highest BCUT2D eigenvalue weighted by Crippen LogP contribution is 2.35. The predicted octanol–water partition coefficient (Wildman–Crippen LogP) is 7.07. The second kappa shape index (κ2) is 9.33. The van der Waals surface area contributed by atoms with Gasteiger partial charge < -0.3 is 4.74 Å². The number of non-ortho nitro benzene ring substituents is 1. The Hall–Kier alpha value is -2.51. The SMILES string of the molecule is Cc1ccc(C)c(N=Cc2cc(Br)c(OCc3ccc([N+](=O)[O-])cc3)c(Br)c2)c1. The van der Waals surface area contributed by atoms with Crippen molar-refractivity contribution in [2.45, 2.75) is 20.5 Å². The zero-order chi connectivity index (χ0) is 21.0. The van der Waals surface area contributed by atoms with Crippen molar-refractivity contribution in [2.75, 3.05) is 0 Å². The molecule has 3 aromatic rings. The van der Waals surface area contributed by atoms with Gasteiger partial charge in [0.25, 0.3) is 5.69 Å². The number of nitrogens with zero attached hydrogens (tertiary/aromatic N) is 2. The largest absolute Gasteiger partial charge is 0.487 e. The number of nitro benzene ring substituents is 1. The number of hydrogen-bond acceptors (Lipinski definition) is 4. The average Bonchev–Trinajstić information content (AvgIpc) is 2.68. The highest BCUT2D eigenvalue weighted by atomic mass is 79.9. The number of aryl methyl sites for hydroxylation is 2. The van der Waals surface area contributed by atoms with E-state index in [1.54, 1.807) is 12.1 Å². The van der Waals surface area contributed by atoms with Crippen molar-refractivity contribution in [1.82, 2.24) is 0 Å². The Morgan fingerprint density at radius 1 is 1.03 bits per heavy atom. The normalized spacial score (nSPS) is 11.0. The van der Waals surface area contributed by atoms with Gasteiger partial charge in [-0.25, -0.2) is 0 Å². The summed E-state index contributed by atoms with van der Waals surface area (Å²) in [7, 11) is 0. The van der Waals surface area contributed by atoms with Crippen LogP contribution in [-0.4, -0.2) is 11.1 Å². The lowest BCUT2D eigenvalue weighted by molar-refractivity contribution is -0.384. The van der Waals surface area contributed by atoms with Gasteiger partial charge in [0.1, 0.15) is 12.4 Å². The molecule has 0 aliphatic carbocycles. The molecule has 0 bridgehead atoms. The lowest BCUT2D eigenvalue weighted by Crippen LogP contribution is -1.98. The van der Waals surface area contributed by atoms with Crippen LogP contribution in [0.3, 0.4) is 0 Å². The molecule has 5 nitrogen and oxygen atoms in total. The fourth-order valence-corrected chi connectivity index (χ4v) is 4.11. The van der Waals surface area contributed by atoms with E-state index >= 15 is 0 Å². The minimum absolute atomic E-state index is 0.0589. The van der Waals surface area contributed by atoms with Gasteiger partial charge in [-0.3, -0.25) is 15.1 Å². The molecule has 0 aromatic heterocycles. The second-order valence-corrected chi connectivity index (χ2v) is 8.28. The van der Waals surface area contributed by atoms with E-state index in [2.05, 4.69) is 55.1 Å². The minimum Gasteiger partial charge on any atom is -0.487 e. The Kier molecular flexibility index (Phi) is 6.82. The van der Waals surface area contributed by atoms with Crippen molar-refractivity contribution in [2.24, 2.45) is 4.99 Å². The number of benzene rings is 3. The molecule has 0 saturated heterocycles. The number of aliphatic imine (C=N–C) groups is 1. The van der Waals surface area contributed by atoms with Gasteiger partial charge in [0.05, 0.1) is 19.6 Å². The van der Waals surface area contributed by atoms with Crippen molar-refractivity contribution in [3.63, 3.8) is 0 Å². The van der Waals surface area contributed by atoms with Crippen LogP contribution in [0.2, 0.25) is 0 Å². The van der Waals surface area contributed by atoms with Gasteiger partial charge in [-0.2, -0.15) is 0 Å². The van der Waals surface area contributed by atoms with Gasteiger partial charge in [-0.1, -0.05) is 12.1 Å². The first-order valence-electron chi connectivity index (χ1n) is 8.80. The average molecular weight is 518 g/mol. The molecule has 0 fully saturated rings. The first kappa shape index (κ1) is 21.2. The molecule has 0 amide bonds. The third-order valence-electron chi connectivity index (χ3n) is 4.27. The summed E-state index contributed by atoms with van der Waals surface area (Å²) in [5.41, 5.74) is 5.05. The van der Waals surface area contributed by atoms with Gasteiger partial charge in [0.15, 0.2) is 0 Å². The third kappa shape index (κ3) is 5.52. The summed E-state index contributed by atoms with van der Waals surface area (Å²) in [4.78, 5) is 14.9. The molecule has 0 saturated carbocycles. The summed E-state index contributed by atoms with van der Waals surface area (Å²) >= 11 is 7.10. The van der Waals surface area contributed by atoms with Crippen LogP contribution in [0.5, 0.6) is 5.75 Å². The zero-order valence-corrected chi connectivity index (χ0v) is 19.0. The van der Waals surface area contributed by atoms with Crippen LogP contribution >= 0.6 is 31.9 Å². The van der Waals surface area contributed by atoms with E-state index in [1.807, 2.05) is 32.2 Å². The Bertz CT molecular complexity index is 1060. The number of rotatable bonds is 6. The maximum atomic E-state index is 10.7. The van der Waals surface area contributed by atoms with E-state index in [4.69, 9.17) is 4.74 Å². The van der Waals surface area contributed by atoms with Gasteiger partial charge in [0.2, 0.25) is 0 Å². The maximum Gasteiger partial charge on any atom is 0.269 e. The van der Waals surface area contributed by atoms with E-state index in [1.165, 1.54) is 17.7 Å². The summed E-state index contributed by atoms with van der Waals surface area (Å²) in [5, 5.41) is 10.7. The molecule has 3 rings (SSSR count). The summed E-state index contributed by atoms with van der Waals surface area (Å²) in [6.07, 6.45) is 1.82. The number of halogens is 2. The molecule has 0 aliphatic heterocycles. The smallest absolute Gasteiger partial charge is 0.269 e. The van der Waals surface area contributed by atoms with E-state index in [-0.39, 0.29) is 5.69 Å². The number of hydrogen-bond donors (Lipinski definition) is 0. The molecule has 0 radical (unpaired) electrons. The van der Waals surface area contributed by atoms with Crippen molar-refractivity contribution >= 4 is 49.4 Å². The standard InChI is InChI=1S/C22H18Br2N2O3/c1-14-3-4-15(2)21(9-14)25-12-17-10-19(23)22(20(24)11-17)29-13-16-5-7-18(8-6-16)26(27)28/h3-12H,13H2,1-2H3. The Balaban J connectivity index is 1.74. The van der Waals surface area contributed by atoms with Crippen LogP contribution in [0.15, 0.2) is 68.5 Å². The number of nitro groups is 1. The quantitative estimate of drug-likeness (QED) is 0.199. The first-order valence-corrected chi connectivity index (χ1v) is 10.4. The predicted molar refractivity (Wildman–Crippen MR) is 122 cm³/mol. The Morgan fingerprint density at radius 3 is 2.31 bits per heavy atom. The summed E-state index contributed by atoms with van der Waals surface area (Å²) < 4.78 is 7.47. The first-order chi connectivity index (χ1) is 13.8. The van der Waals surface area contributed by atoms with Crippen molar-refractivity contribution in [3.8, 4) is 5.75 Å². The molecular formula is C22H18Br2N2O3. The molecule has 3 aromatic carbocycles. The van der Waals surface area contributed by atoms with Crippen LogP contribution in [0, 0.1) is 24.0 Å². The van der Waals surface area contributed by atoms with E-state index in [9.17, 15) is 10.1 Å². The van der Waals surface area contributed by atoms with Crippen molar-refractivity contribution in [1.29, 1.82) is 0 Å². The van der Waals surface area contributed by atoms with Gasteiger partial charge in [-0.05, 0) is 98.3 Å². The summed E-state index contributed by atoms with van der Waals surface area (Å²) in [5.74, 6) is 0.659. The molecule has 0 atom stereocenters. The van der Waals surface area contributed by atoms with Gasteiger partial charge >= 0.3 is 0 Å². The fraction of sp³-hybridized carbons (Fsp3) is 0.136. The second-order valence-electron chi connectivity index (χ2n) is 6.57. The molecule has 0 aliphatic rings. The molecule has 7 heteroatoms. The van der Waals surface area contributed by atoms with Crippen LogP contribution in [0.4, 0.5) is 11.4 Å². The van der Waals surface area contributed by atoms with Crippen LogP contribution in [0.1, 0.15) is 22.3 Å². The van der Waals surface area contributed by atoms with Gasteiger partial charge in [-0.15, -0.1) is 0 Å². The molecule has 29 heavy (non-hydrogen) atoms. The lowest BCUT2D eigenvalue weighted by Gasteiger charge is -2.11. The fourth-order valence-electron chi connectivity index (χ4n) is 2.66. The molecule has 0 N–H and O–H groups in total. The topological polar surface area (TPSA) is 64.7 Å². The maximum absolute atomic E-state index is 10.7. The number of ether oxygens (including phenoxy) is 1. The van der Waals surface area contributed by atoms with Crippen LogP contribution in [-0.2, 0) is 6.61 Å². The van der Waals surface area contributed by atoms with Crippen molar-refractivity contribution < 1.29 is 9.66 Å². The summed E-state index contributed by atoms with van der Waals surface area (Å²) in [6, 6.07) is 16.4. The molecule has 0 spiro atoms. The van der Waals surface area contributed by atoms with Crippen LogP contribution in [0.25, 0.3) is 0 Å². The highest BCUT2D eigenvalue weighted by molar-refractivity contribution is 9.11. The lowest BCUT2D eigenvalue weighted by atomic mass is 10.1.